The number of benzene rings is 2. The molecule has 1 aliphatic carbocycles. The largest absolute Gasteiger partial charge is 0.491 e. The summed E-state index contributed by atoms with van der Waals surface area (Å²) in [6.07, 6.45) is 4.31. The van der Waals surface area contributed by atoms with Crippen molar-refractivity contribution < 1.29 is 27.4 Å². The molecule has 0 bridgehead atoms. The van der Waals surface area contributed by atoms with Gasteiger partial charge in [0.2, 0.25) is 5.82 Å². The summed E-state index contributed by atoms with van der Waals surface area (Å²) in [5.41, 5.74) is 0.381. The van der Waals surface area contributed by atoms with Crippen LogP contribution in [0.1, 0.15) is 74.2 Å². The SMILES string of the molecule is CCCC(O)c1ccc(C2C=CC(c3ccc(OCC)c(F)c3F)CC2)c(F)c1F. The fraction of sp³-hybridized carbons (Fsp3) is 0.417. The quantitative estimate of drug-likeness (QED) is 0.398. The van der Waals surface area contributed by atoms with Gasteiger partial charge in [-0.05, 0) is 43.4 Å². The van der Waals surface area contributed by atoms with Crippen molar-refractivity contribution in [2.24, 2.45) is 0 Å². The molecule has 30 heavy (non-hydrogen) atoms. The van der Waals surface area contributed by atoms with Gasteiger partial charge in [-0.1, -0.05) is 43.7 Å². The Morgan fingerprint density at radius 2 is 1.43 bits per heavy atom. The molecule has 3 unspecified atom stereocenters. The minimum absolute atomic E-state index is 0.0392. The van der Waals surface area contributed by atoms with Gasteiger partial charge in [0.05, 0.1) is 12.7 Å². The molecule has 0 spiro atoms. The summed E-state index contributed by atoms with van der Waals surface area (Å²) >= 11 is 0. The molecule has 1 aliphatic rings. The van der Waals surface area contributed by atoms with Crippen LogP contribution in [0.4, 0.5) is 17.6 Å². The van der Waals surface area contributed by atoms with Crippen LogP contribution in [0.3, 0.4) is 0 Å². The van der Waals surface area contributed by atoms with E-state index in [-0.39, 0.29) is 40.9 Å². The molecule has 0 amide bonds. The van der Waals surface area contributed by atoms with Crippen LogP contribution < -0.4 is 4.74 Å². The Morgan fingerprint density at radius 1 is 0.867 bits per heavy atom. The van der Waals surface area contributed by atoms with Crippen molar-refractivity contribution in [3.05, 3.63) is 76.4 Å². The number of hydrogen-bond donors (Lipinski definition) is 1. The van der Waals surface area contributed by atoms with E-state index < -0.39 is 29.4 Å². The molecule has 162 valence electrons. The van der Waals surface area contributed by atoms with E-state index in [9.17, 15) is 22.7 Å². The van der Waals surface area contributed by atoms with Crippen molar-refractivity contribution in [3.8, 4) is 5.75 Å². The molecular formula is C24H26F4O2. The summed E-state index contributed by atoms with van der Waals surface area (Å²) in [4.78, 5) is 0. The molecule has 2 aromatic rings. The number of ether oxygens (including phenoxy) is 1. The van der Waals surface area contributed by atoms with Gasteiger partial charge in [-0.25, -0.2) is 13.2 Å². The van der Waals surface area contributed by atoms with E-state index in [1.807, 2.05) is 6.92 Å². The second-order valence-electron chi connectivity index (χ2n) is 7.57. The second-order valence-corrected chi connectivity index (χ2v) is 7.57. The Hall–Kier alpha value is -2.34. The third-order valence-corrected chi connectivity index (χ3v) is 5.60. The molecule has 0 saturated heterocycles. The lowest BCUT2D eigenvalue weighted by molar-refractivity contribution is 0.160. The summed E-state index contributed by atoms with van der Waals surface area (Å²) in [7, 11) is 0. The fourth-order valence-corrected chi connectivity index (χ4v) is 3.99. The summed E-state index contributed by atoms with van der Waals surface area (Å²) in [6.45, 7) is 3.78. The Kier molecular flexibility index (Phi) is 7.19. The number of aliphatic hydroxyl groups is 1. The van der Waals surface area contributed by atoms with E-state index in [2.05, 4.69) is 0 Å². The second kappa shape index (κ2) is 9.65. The van der Waals surface area contributed by atoms with E-state index in [1.54, 1.807) is 19.1 Å². The third kappa shape index (κ3) is 4.38. The zero-order valence-corrected chi connectivity index (χ0v) is 17.1. The number of hydrogen-bond acceptors (Lipinski definition) is 2. The minimum atomic E-state index is -1.04. The molecule has 3 atom stereocenters. The maximum absolute atomic E-state index is 14.7. The zero-order chi connectivity index (χ0) is 21.8. The Bertz CT molecular complexity index is 926. The Morgan fingerprint density at radius 3 is 1.97 bits per heavy atom. The van der Waals surface area contributed by atoms with Gasteiger partial charge in [0.15, 0.2) is 23.2 Å². The van der Waals surface area contributed by atoms with Gasteiger partial charge in [-0.2, -0.15) is 4.39 Å². The highest BCUT2D eigenvalue weighted by molar-refractivity contribution is 5.38. The number of halogens is 4. The van der Waals surface area contributed by atoms with Crippen molar-refractivity contribution in [1.29, 1.82) is 0 Å². The monoisotopic (exact) mass is 422 g/mol. The summed E-state index contributed by atoms with van der Waals surface area (Å²) in [5.74, 6) is -4.80. The first kappa shape index (κ1) is 22.3. The van der Waals surface area contributed by atoms with E-state index in [1.165, 1.54) is 24.3 Å². The maximum atomic E-state index is 14.7. The molecule has 0 heterocycles. The smallest absolute Gasteiger partial charge is 0.200 e. The van der Waals surface area contributed by atoms with Gasteiger partial charge >= 0.3 is 0 Å². The highest BCUT2D eigenvalue weighted by Crippen LogP contribution is 2.39. The van der Waals surface area contributed by atoms with E-state index in [0.29, 0.717) is 25.7 Å². The van der Waals surface area contributed by atoms with E-state index in [0.717, 1.165) is 0 Å². The molecule has 6 heteroatoms. The molecule has 3 rings (SSSR count). The predicted molar refractivity (Wildman–Crippen MR) is 108 cm³/mol. The van der Waals surface area contributed by atoms with Crippen LogP contribution >= 0.6 is 0 Å². The Balaban J connectivity index is 1.81. The first-order valence-corrected chi connectivity index (χ1v) is 10.3. The van der Waals surface area contributed by atoms with Crippen LogP contribution in [-0.4, -0.2) is 11.7 Å². The average Bonchev–Trinajstić information content (AvgIpc) is 2.74. The minimum Gasteiger partial charge on any atom is -0.491 e. The molecular weight excluding hydrogens is 396 g/mol. The van der Waals surface area contributed by atoms with Gasteiger partial charge in [0.1, 0.15) is 0 Å². The molecule has 1 N–H and O–H groups in total. The molecule has 0 saturated carbocycles. The van der Waals surface area contributed by atoms with Crippen molar-refractivity contribution in [3.63, 3.8) is 0 Å². The summed E-state index contributed by atoms with van der Waals surface area (Å²) in [5, 5.41) is 9.99. The lowest BCUT2D eigenvalue weighted by Crippen LogP contribution is -2.12. The molecule has 2 aromatic carbocycles. The lowest BCUT2D eigenvalue weighted by atomic mass is 9.81. The molecule has 0 radical (unpaired) electrons. The maximum Gasteiger partial charge on any atom is 0.200 e. The number of aliphatic hydroxyl groups excluding tert-OH is 1. The van der Waals surface area contributed by atoms with Crippen LogP contribution in [0.5, 0.6) is 5.75 Å². The third-order valence-electron chi connectivity index (χ3n) is 5.60. The van der Waals surface area contributed by atoms with Crippen molar-refractivity contribution in [1.82, 2.24) is 0 Å². The van der Waals surface area contributed by atoms with Gasteiger partial charge in [0.25, 0.3) is 0 Å². The highest BCUT2D eigenvalue weighted by atomic mass is 19.2. The van der Waals surface area contributed by atoms with Gasteiger partial charge in [-0.3, -0.25) is 0 Å². The van der Waals surface area contributed by atoms with Crippen LogP contribution in [-0.2, 0) is 0 Å². The first-order chi connectivity index (χ1) is 14.4. The zero-order valence-electron chi connectivity index (χ0n) is 17.1. The van der Waals surface area contributed by atoms with Crippen molar-refractivity contribution in [2.75, 3.05) is 6.61 Å². The topological polar surface area (TPSA) is 29.5 Å². The van der Waals surface area contributed by atoms with Gasteiger partial charge in [0, 0.05) is 17.4 Å². The van der Waals surface area contributed by atoms with E-state index in [4.69, 9.17) is 4.74 Å². The van der Waals surface area contributed by atoms with Crippen LogP contribution in [0.25, 0.3) is 0 Å². The lowest BCUT2D eigenvalue weighted by Gasteiger charge is -2.25. The van der Waals surface area contributed by atoms with E-state index >= 15 is 0 Å². The molecule has 0 aliphatic heterocycles. The summed E-state index contributed by atoms with van der Waals surface area (Å²) in [6, 6.07) is 5.84. The van der Waals surface area contributed by atoms with Crippen LogP contribution in [0.2, 0.25) is 0 Å². The standard InChI is InChI=1S/C24H26F4O2/c1-3-5-19(29)18-11-10-16(21(25)23(18)27)14-6-8-15(9-7-14)17-12-13-20(30-4-2)24(28)22(17)26/h6,8,10-15,19,29H,3-5,7,9H2,1-2H3. The fourth-order valence-electron chi connectivity index (χ4n) is 3.99. The van der Waals surface area contributed by atoms with Gasteiger partial charge < -0.3 is 9.84 Å². The van der Waals surface area contributed by atoms with Crippen molar-refractivity contribution in [2.45, 2.75) is 57.5 Å². The summed E-state index contributed by atoms with van der Waals surface area (Å²) < 4.78 is 62.8. The number of rotatable bonds is 7. The average molecular weight is 422 g/mol. The number of allylic oxidation sites excluding steroid dienone is 2. The van der Waals surface area contributed by atoms with Gasteiger partial charge in [-0.15, -0.1) is 0 Å². The van der Waals surface area contributed by atoms with Crippen LogP contribution in [0, 0.1) is 23.3 Å². The van der Waals surface area contributed by atoms with Crippen molar-refractivity contribution >= 4 is 0 Å². The molecule has 2 nitrogen and oxygen atoms in total. The highest BCUT2D eigenvalue weighted by Gasteiger charge is 2.27. The molecule has 0 fully saturated rings. The normalized spacial score (nSPS) is 19.7. The van der Waals surface area contributed by atoms with Crippen LogP contribution in [0.15, 0.2) is 36.4 Å². The first-order valence-electron chi connectivity index (χ1n) is 10.3. The Labute approximate surface area is 174 Å². The molecule has 0 aromatic heterocycles. The predicted octanol–water partition coefficient (Wildman–Crippen LogP) is 6.69.